The Morgan fingerprint density at radius 3 is 2.31 bits per heavy atom. The molecule has 0 atom stereocenters. The minimum atomic E-state index is -0.0192. The number of aryl methyl sites for hydroxylation is 2. The quantitative estimate of drug-likeness (QED) is 0.530. The normalized spacial score (nSPS) is 11.0. The van der Waals surface area contributed by atoms with Gasteiger partial charge in [-0.25, -0.2) is 4.98 Å². The van der Waals surface area contributed by atoms with Crippen LogP contribution in [-0.4, -0.2) is 9.55 Å². The lowest BCUT2D eigenvalue weighted by Crippen LogP contribution is -2.24. The van der Waals surface area contributed by atoms with Crippen LogP contribution in [0.5, 0.6) is 0 Å². The van der Waals surface area contributed by atoms with E-state index in [-0.39, 0.29) is 5.56 Å². The highest BCUT2D eigenvalue weighted by atomic mass is 16.1. The summed E-state index contributed by atoms with van der Waals surface area (Å²) in [6, 6.07) is 23.9. The molecule has 0 radical (unpaired) electrons. The molecular weight excluding hydrogens is 320 g/mol. The molecule has 1 aromatic heterocycles. The molecule has 0 amide bonds. The van der Waals surface area contributed by atoms with Crippen molar-refractivity contribution in [3.63, 3.8) is 0 Å². The first kappa shape index (κ1) is 16.3. The molecule has 0 spiro atoms. The van der Waals surface area contributed by atoms with E-state index in [1.54, 1.807) is 4.57 Å². The van der Waals surface area contributed by atoms with Gasteiger partial charge in [-0.2, -0.15) is 0 Å². The molecule has 0 saturated carbocycles. The molecule has 4 aromatic rings. The zero-order valence-electron chi connectivity index (χ0n) is 14.9. The Kier molecular flexibility index (Phi) is 4.13. The van der Waals surface area contributed by atoms with E-state index in [1.165, 1.54) is 5.56 Å². The Balaban J connectivity index is 2.08. The van der Waals surface area contributed by atoms with Crippen LogP contribution in [0, 0.1) is 6.92 Å². The number of fused-ring (bicyclic) bond motifs is 1. The van der Waals surface area contributed by atoms with Crippen LogP contribution >= 0.6 is 0 Å². The van der Waals surface area contributed by atoms with E-state index in [9.17, 15) is 4.79 Å². The second kappa shape index (κ2) is 6.60. The lowest BCUT2D eigenvalue weighted by molar-refractivity contribution is 0.833. The van der Waals surface area contributed by atoms with Gasteiger partial charge in [0.25, 0.3) is 5.56 Å². The first-order valence-electron chi connectivity index (χ1n) is 8.86. The maximum Gasteiger partial charge on any atom is 0.266 e. The summed E-state index contributed by atoms with van der Waals surface area (Å²) in [5, 5.41) is 0.664. The van der Waals surface area contributed by atoms with Gasteiger partial charge < -0.3 is 0 Å². The lowest BCUT2D eigenvalue weighted by Gasteiger charge is -2.14. The molecule has 1 heterocycles. The topological polar surface area (TPSA) is 34.9 Å². The molecule has 0 aliphatic rings. The Morgan fingerprint density at radius 1 is 0.885 bits per heavy atom. The SMILES string of the molecule is CCc1nc2cccc(-c3ccc(C)cc3)c2c(=O)n1-c1ccccc1. The zero-order valence-corrected chi connectivity index (χ0v) is 14.9. The van der Waals surface area contributed by atoms with Crippen molar-refractivity contribution in [3.8, 4) is 16.8 Å². The average molecular weight is 340 g/mol. The molecule has 4 rings (SSSR count). The largest absolute Gasteiger partial charge is 0.268 e. The van der Waals surface area contributed by atoms with Crippen molar-refractivity contribution in [2.24, 2.45) is 0 Å². The minimum Gasteiger partial charge on any atom is -0.268 e. The van der Waals surface area contributed by atoms with Crippen LogP contribution in [0.15, 0.2) is 77.6 Å². The molecule has 128 valence electrons. The molecule has 0 aliphatic carbocycles. The van der Waals surface area contributed by atoms with Crippen molar-refractivity contribution >= 4 is 10.9 Å². The third kappa shape index (κ3) is 2.72. The molecular formula is C23H20N2O. The van der Waals surface area contributed by atoms with Gasteiger partial charge in [0.2, 0.25) is 0 Å². The van der Waals surface area contributed by atoms with Crippen molar-refractivity contribution in [3.05, 3.63) is 94.5 Å². The molecule has 3 heteroatoms. The van der Waals surface area contributed by atoms with Crippen LogP contribution in [0.25, 0.3) is 27.7 Å². The highest BCUT2D eigenvalue weighted by molar-refractivity contribution is 5.94. The van der Waals surface area contributed by atoms with Crippen LogP contribution in [0.3, 0.4) is 0 Å². The summed E-state index contributed by atoms with van der Waals surface area (Å²) >= 11 is 0. The number of rotatable bonds is 3. The zero-order chi connectivity index (χ0) is 18.1. The fourth-order valence-electron chi connectivity index (χ4n) is 3.33. The second-order valence-corrected chi connectivity index (χ2v) is 6.42. The lowest BCUT2D eigenvalue weighted by atomic mass is 10.00. The molecule has 0 aliphatic heterocycles. The van der Waals surface area contributed by atoms with Crippen LogP contribution in [-0.2, 0) is 6.42 Å². The van der Waals surface area contributed by atoms with Crippen LogP contribution < -0.4 is 5.56 Å². The summed E-state index contributed by atoms with van der Waals surface area (Å²) < 4.78 is 1.74. The van der Waals surface area contributed by atoms with E-state index in [1.807, 2.05) is 55.5 Å². The van der Waals surface area contributed by atoms with Crippen molar-refractivity contribution in [2.75, 3.05) is 0 Å². The number of hydrogen-bond donors (Lipinski definition) is 0. The van der Waals surface area contributed by atoms with E-state index in [0.717, 1.165) is 28.2 Å². The standard InChI is InChI=1S/C23H20N2O/c1-3-21-24-20-11-7-10-19(17-14-12-16(2)13-15-17)22(20)23(26)25(21)18-8-5-4-6-9-18/h4-15H,3H2,1-2H3. The predicted molar refractivity (Wildman–Crippen MR) is 107 cm³/mol. The summed E-state index contributed by atoms with van der Waals surface area (Å²) in [4.78, 5) is 18.3. The Bertz CT molecular complexity index is 1130. The Labute approximate surface area is 152 Å². The smallest absolute Gasteiger partial charge is 0.266 e. The van der Waals surface area contributed by atoms with E-state index >= 15 is 0 Å². The number of hydrogen-bond acceptors (Lipinski definition) is 2. The number of benzene rings is 3. The van der Waals surface area contributed by atoms with Crippen LogP contribution in [0.1, 0.15) is 18.3 Å². The third-order valence-electron chi connectivity index (χ3n) is 4.66. The van der Waals surface area contributed by atoms with Crippen molar-refractivity contribution < 1.29 is 0 Å². The maximum absolute atomic E-state index is 13.5. The molecule has 0 fully saturated rings. The Hall–Kier alpha value is -3.20. The molecule has 26 heavy (non-hydrogen) atoms. The average Bonchev–Trinajstić information content (AvgIpc) is 2.68. The van der Waals surface area contributed by atoms with Crippen LogP contribution in [0.2, 0.25) is 0 Å². The Morgan fingerprint density at radius 2 is 1.62 bits per heavy atom. The van der Waals surface area contributed by atoms with Crippen LogP contribution in [0.4, 0.5) is 0 Å². The van der Waals surface area contributed by atoms with Gasteiger partial charge in [-0.1, -0.05) is 67.1 Å². The van der Waals surface area contributed by atoms with Gasteiger partial charge in [0, 0.05) is 6.42 Å². The second-order valence-electron chi connectivity index (χ2n) is 6.42. The van der Waals surface area contributed by atoms with Crippen molar-refractivity contribution in [1.82, 2.24) is 9.55 Å². The fraction of sp³-hybridized carbons (Fsp3) is 0.130. The van der Waals surface area contributed by atoms with E-state index in [4.69, 9.17) is 4.98 Å². The summed E-state index contributed by atoms with van der Waals surface area (Å²) in [7, 11) is 0. The fourth-order valence-corrected chi connectivity index (χ4v) is 3.33. The van der Waals surface area contributed by atoms with Gasteiger partial charge in [0.05, 0.1) is 16.6 Å². The third-order valence-corrected chi connectivity index (χ3v) is 4.66. The molecule has 0 unspecified atom stereocenters. The number of nitrogens with zero attached hydrogens (tertiary/aromatic N) is 2. The molecule has 3 aromatic carbocycles. The maximum atomic E-state index is 13.5. The summed E-state index contributed by atoms with van der Waals surface area (Å²) in [6.07, 6.45) is 0.689. The monoisotopic (exact) mass is 340 g/mol. The van der Waals surface area contributed by atoms with Crippen molar-refractivity contribution in [1.29, 1.82) is 0 Å². The molecule has 3 nitrogen and oxygen atoms in total. The summed E-state index contributed by atoms with van der Waals surface area (Å²) in [6.45, 7) is 4.08. The van der Waals surface area contributed by atoms with E-state index < -0.39 is 0 Å². The highest BCUT2D eigenvalue weighted by Gasteiger charge is 2.15. The summed E-state index contributed by atoms with van der Waals surface area (Å²) in [5.74, 6) is 0.773. The summed E-state index contributed by atoms with van der Waals surface area (Å²) in [5.41, 5.74) is 4.73. The predicted octanol–water partition coefficient (Wildman–Crippen LogP) is 4.92. The molecule has 0 saturated heterocycles. The molecule has 0 N–H and O–H groups in total. The van der Waals surface area contributed by atoms with Crippen molar-refractivity contribution in [2.45, 2.75) is 20.3 Å². The van der Waals surface area contributed by atoms with Gasteiger partial charge in [-0.15, -0.1) is 0 Å². The van der Waals surface area contributed by atoms with Gasteiger partial charge >= 0.3 is 0 Å². The number of para-hydroxylation sites is 1. The minimum absolute atomic E-state index is 0.0192. The first-order chi connectivity index (χ1) is 12.7. The van der Waals surface area contributed by atoms with Gasteiger partial charge in [-0.05, 0) is 36.2 Å². The van der Waals surface area contributed by atoms with E-state index in [2.05, 4.69) is 31.2 Å². The molecule has 0 bridgehead atoms. The first-order valence-corrected chi connectivity index (χ1v) is 8.86. The number of aromatic nitrogens is 2. The van der Waals surface area contributed by atoms with Gasteiger partial charge in [0.1, 0.15) is 5.82 Å². The van der Waals surface area contributed by atoms with E-state index in [0.29, 0.717) is 11.8 Å². The highest BCUT2D eigenvalue weighted by Crippen LogP contribution is 2.26. The van der Waals surface area contributed by atoms with Gasteiger partial charge in [-0.3, -0.25) is 9.36 Å². The van der Waals surface area contributed by atoms with Gasteiger partial charge in [0.15, 0.2) is 0 Å².